The minimum Gasteiger partial charge on any atom is -0.507 e. The molecule has 1 aromatic carbocycles. The second-order valence-electron chi connectivity index (χ2n) is 2.90. The van der Waals surface area contributed by atoms with Gasteiger partial charge in [-0.1, -0.05) is 0 Å². The van der Waals surface area contributed by atoms with Gasteiger partial charge in [-0.25, -0.2) is 0 Å². The molecule has 14 heavy (non-hydrogen) atoms. The molecule has 0 saturated heterocycles. The molecule has 2 N–H and O–H groups in total. The first-order valence-corrected chi connectivity index (χ1v) is 4.90. The van der Waals surface area contributed by atoms with Crippen molar-refractivity contribution < 1.29 is 10.2 Å². The van der Waals surface area contributed by atoms with Gasteiger partial charge in [0.15, 0.2) is 0 Å². The molecule has 0 aliphatic rings. The molecule has 0 spiro atoms. The van der Waals surface area contributed by atoms with Gasteiger partial charge in [0.1, 0.15) is 11.5 Å². The highest BCUT2D eigenvalue weighted by atomic mass is 32.1. The van der Waals surface area contributed by atoms with Gasteiger partial charge in [-0.2, -0.15) is 5.26 Å². The molecule has 0 aliphatic heterocycles. The molecule has 1 aromatic heterocycles. The number of hydrogen-bond donors (Lipinski definition) is 2. The molecule has 0 bridgehead atoms. The van der Waals surface area contributed by atoms with Gasteiger partial charge in [-0.05, 0) is 23.1 Å². The summed E-state index contributed by atoms with van der Waals surface area (Å²) in [5.41, 5.74) is 0.765. The van der Waals surface area contributed by atoms with E-state index in [-0.39, 0.29) is 17.9 Å². The Labute approximate surface area is 84.5 Å². The molecular formula is C10H7NO2S. The lowest BCUT2D eigenvalue weighted by Gasteiger charge is -1.99. The Hall–Kier alpha value is -1.73. The molecule has 0 unspecified atom stereocenters. The Morgan fingerprint density at radius 3 is 2.71 bits per heavy atom. The summed E-state index contributed by atoms with van der Waals surface area (Å²) >= 11 is 1.33. The van der Waals surface area contributed by atoms with Gasteiger partial charge < -0.3 is 10.2 Å². The maximum absolute atomic E-state index is 9.58. The number of aromatic hydroxyl groups is 2. The van der Waals surface area contributed by atoms with E-state index < -0.39 is 0 Å². The first kappa shape index (κ1) is 8.85. The molecule has 2 rings (SSSR count). The van der Waals surface area contributed by atoms with Gasteiger partial charge in [-0.15, -0.1) is 11.3 Å². The van der Waals surface area contributed by atoms with E-state index in [1.54, 1.807) is 5.38 Å². The third-order valence-corrected chi connectivity index (χ3v) is 3.08. The van der Waals surface area contributed by atoms with Gasteiger partial charge in [0, 0.05) is 5.39 Å². The van der Waals surface area contributed by atoms with Gasteiger partial charge in [0.05, 0.1) is 17.2 Å². The van der Waals surface area contributed by atoms with E-state index >= 15 is 0 Å². The first-order chi connectivity index (χ1) is 6.74. The smallest absolute Gasteiger partial charge is 0.133 e. The molecule has 0 aliphatic carbocycles. The number of nitriles is 1. The van der Waals surface area contributed by atoms with Crippen LogP contribution in [-0.2, 0) is 6.42 Å². The van der Waals surface area contributed by atoms with Crippen molar-refractivity contribution in [1.82, 2.24) is 0 Å². The lowest BCUT2D eigenvalue weighted by Crippen LogP contribution is -1.78. The molecule has 2 aromatic rings. The van der Waals surface area contributed by atoms with Crippen molar-refractivity contribution in [2.45, 2.75) is 6.42 Å². The van der Waals surface area contributed by atoms with Crippen LogP contribution in [0.25, 0.3) is 10.1 Å². The predicted molar refractivity (Wildman–Crippen MR) is 54.5 cm³/mol. The number of fused-ring (bicyclic) bond motifs is 1. The fraction of sp³-hybridized carbons (Fsp3) is 0.100. The average molecular weight is 205 g/mol. The van der Waals surface area contributed by atoms with Crippen LogP contribution in [-0.4, -0.2) is 10.2 Å². The SMILES string of the molecule is N#CCc1csc2c(O)ccc(O)c12. The number of rotatable bonds is 1. The van der Waals surface area contributed by atoms with Crippen molar-refractivity contribution in [2.75, 3.05) is 0 Å². The molecule has 0 saturated carbocycles. The largest absolute Gasteiger partial charge is 0.507 e. The summed E-state index contributed by atoms with van der Waals surface area (Å²) in [4.78, 5) is 0. The maximum atomic E-state index is 9.58. The summed E-state index contributed by atoms with van der Waals surface area (Å²) in [6.45, 7) is 0. The molecule has 3 nitrogen and oxygen atoms in total. The number of hydrogen-bond acceptors (Lipinski definition) is 4. The third kappa shape index (κ3) is 1.19. The van der Waals surface area contributed by atoms with Crippen LogP contribution in [0.4, 0.5) is 0 Å². The summed E-state index contributed by atoms with van der Waals surface area (Å²) in [5.74, 6) is 0.260. The molecule has 0 atom stereocenters. The Bertz CT molecular complexity index is 525. The number of nitrogens with zero attached hydrogens (tertiary/aromatic N) is 1. The van der Waals surface area contributed by atoms with Gasteiger partial charge >= 0.3 is 0 Å². The number of phenolic OH excluding ortho intramolecular Hbond substituents is 2. The monoisotopic (exact) mass is 205 g/mol. The van der Waals surface area contributed by atoms with E-state index in [0.717, 1.165) is 5.56 Å². The Balaban J connectivity index is 2.78. The molecule has 0 radical (unpaired) electrons. The minimum atomic E-state index is 0.115. The van der Waals surface area contributed by atoms with Crippen molar-refractivity contribution in [1.29, 1.82) is 5.26 Å². The fourth-order valence-corrected chi connectivity index (χ4v) is 2.40. The van der Waals surface area contributed by atoms with Crippen LogP contribution >= 0.6 is 11.3 Å². The summed E-state index contributed by atoms with van der Waals surface area (Å²) in [5, 5.41) is 30.0. The van der Waals surface area contributed by atoms with E-state index in [0.29, 0.717) is 10.1 Å². The quantitative estimate of drug-likeness (QED) is 0.702. The zero-order valence-electron chi connectivity index (χ0n) is 7.19. The van der Waals surface area contributed by atoms with Crippen molar-refractivity contribution in [3.63, 3.8) is 0 Å². The van der Waals surface area contributed by atoms with Gasteiger partial charge in [0.25, 0.3) is 0 Å². The number of phenols is 2. The minimum absolute atomic E-state index is 0.115. The van der Waals surface area contributed by atoms with Crippen LogP contribution in [0.15, 0.2) is 17.5 Å². The first-order valence-electron chi connectivity index (χ1n) is 4.02. The van der Waals surface area contributed by atoms with Crippen LogP contribution in [0.2, 0.25) is 0 Å². The van der Waals surface area contributed by atoms with E-state index in [1.165, 1.54) is 23.5 Å². The molecule has 0 amide bonds. The molecule has 1 heterocycles. The van der Waals surface area contributed by atoms with E-state index in [4.69, 9.17) is 5.26 Å². The molecule has 4 heteroatoms. The number of benzene rings is 1. The van der Waals surface area contributed by atoms with Crippen LogP contribution < -0.4 is 0 Å². The Kier molecular flexibility index (Phi) is 2.02. The van der Waals surface area contributed by atoms with Crippen molar-refractivity contribution >= 4 is 21.4 Å². The Morgan fingerprint density at radius 2 is 2.00 bits per heavy atom. The average Bonchev–Trinajstić information content (AvgIpc) is 2.58. The zero-order valence-corrected chi connectivity index (χ0v) is 8.01. The van der Waals surface area contributed by atoms with E-state index in [9.17, 15) is 10.2 Å². The van der Waals surface area contributed by atoms with Crippen LogP contribution in [0, 0.1) is 11.3 Å². The molecular weight excluding hydrogens is 198 g/mol. The van der Waals surface area contributed by atoms with Crippen molar-refractivity contribution in [3.05, 3.63) is 23.1 Å². The molecule has 0 fully saturated rings. The summed E-state index contributed by atoms with van der Waals surface area (Å²) in [6, 6.07) is 4.91. The van der Waals surface area contributed by atoms with Crippen LogP contribution in [0.1, 0.15) is 5.56 Å². The second kappa shape index (κ2) is 3.20. The van der Waals surface area contributed by atoms with Crippen LogP contribution in [0.5, 0.6) is 11.5 Å². The predicted octanol–water partition coefficient (Wildman–Crippen LogP) is 2.38. The van der Waals surface area contributed by atoms with E-state index in [2.05, 4.69) is 0 Å². The summed E-state index contributed by atoms with van der Waals surface area (Å²) in [7, 11) is 0. The highest BCUT2D eigenvalue weighted by Gasteiger charge is 2.11. The normalized spacial score (nSPS) is 10.2. The standard InChI is InChI=1S/C10H7NO2S/c11-4-3-6-5-14-10-8(13)2-1-7(12)9(6)10/h1-2,5,12-13H,3H2. The zero-order chi connectivity index (χ0) is 10.1. The lowest BCUT2D eigenvalue weighted by atomic mass is 10.1. The third-order valence-electron chi connectivity index (χ3n) is 2.02. The summed E-state index contributed by atoms with van der Waals surface area (Å²) in [6.07, 6.45) is 0.247. The maximum Gasteiger partial charge on any atom is 0.133 e. The number of thiophene rings is 1. The van der Waals surface area contributed by atoms with E-state index in [1.807, 2.05) is 6.07 Å². The van der Waals surface area contributed by atoms with Crippen molar-refractivity contribution in [2.24, 2.45) is 0 Å². The van der Waals surface area contributed by atoms with Crippen molar-refractivity contribution in [3.8, 4) is 17.6 Å². The Morgan fingerprint density at radius 1 is 1.29 bits per heavy atom. The van der Waals surface area contributed by atoms with Crippen LogP contribution in [0.3, 0.4) is 0 Å². The fourth-order valence-electron chi connectivity index (χ4n) is 1.40. The summed E-state index contributed by atoms with van der Waals surface area (Å²) < 4.78 is 0.634. The highest BCUT2D eigenvalue weighted by molar-refractivity contribution is 7.17. The lowest BCUT2D eigenvalue weighted by molar-refractivity contribution is 0.470. The van der Waals surface area contributed by atoms with Gasteiger partial charge in [-0.3, -0.25) is 0 Å². The topological polar surface area (TPSA) is 64.2 Å². The second-order valence-corrected chi connectivity index (χ2v) is 3.78. The molecule has 70 valence electrons. The highest BCUT2D eigenvalue weighted by Crippen LogP contribution is 2.38. The van der Waals surface area contributed by atoms with Gasteiger partial charge in [0.2, 0.25) is 0 Å².